The van der Waals surface area contributed by atoms with E-state index < -0.39 is 5.82 Å². The van der Waals surface area contributed by atoms with Crippen molar-refractivity contribution in [3.8, 4) is 17.1 Å². The smallest absolute Gasteiger partial charge is 0.228 e. The normalized spacial score (nSPS) is 14.6. The SMILES string of the molecule is CCN1CCN(c2ccc(Nc3ncc(F)c(-c4cnc5ccccn45)n3)c(OC)c2)CC1. The van der Waals surface area contributed by atoms with Crippen molar-refractivity contribution in [2.45, 2.75) is 6.92 Å². The van der Waals surface area contributed by atoms with Crippen LogP contribution in [0.1, 0.15) is 6.92 Å². The lowest BCUT2D eigenvalue weighted by atomic mass is 10.2. The van der Waals surface area contributed by atoms with Gasteiger partial charge in [-0.05, 0) is 30.8 Å². The van der Waals surface area contributed by atoms with Crippen molar-refractivity contribution in [1.82, 2.24) is 24.3 Å². The number of likely N-dealkylation sites (N-methyl/N-ethyl adjacent to an activating group) is 1. The summed E-state index contributed by atoms with van der Waals surface area (Å²) in [6.45, 7) is 7.33. The maximum Gasteiger partial charge on any atom is 0.228 e. The van der Waals surface area contributed by atoms with Crippen molar-refractivity contribution >= 4 is 23.0 Å². The Balaban J connectivity index is 1.41. The molecule has 0 amide bonds. The number of imidazole rings is 1. The topological polar surface area (TPSA) is 70.8 Å². The highest BCUT2D eigenvalue weighted by atomic mass is 19.1. The van der Waals surface area contributed by atoms with Crippen molar-refractivity contribution in [3.63, 3.8) is 0 Å². The van der Waals surface area contributed by atoms with Gasteiger partial charge in [-0.15, -0.1) is 0 Å². The van der Waals surface area contributed by atoms with Crippen LogP contribution >= 0.6 is 0 Å². The van der Waals surface area contributed by atoms with Gasteiger partial charge < -0.3 is 19.9 Å². The van der Waals surface area contributed by atoms with E-state index in [1.54, 1.807) is 17.7 Å². The second-order valence-electron chi connectivity index (χ2n) is 7.89. The molecule has 0 unspecified atom stereocenters. The monoisotopic (exact) mass is 447 g/mol. The molecular weight excluding hydrogens is 421 g/mol. The van der Waals surface area contributed by atoms with E-state index >= 15 is 0 Å². The fourth-order valence-electron chi connectivity index (χ4n) is 4.14. The fourth-order valence-corrected chi connectivity index (χ4v) is 4.14. The third-order valence-electron chi connectivity index (χ3n) is 6.02. The number of hydrogen-bond donors (Lipinski definition) is 1. The molecule has 1 N–H and O–H groups in total. The van der Waals surface area contributed by atoms with Gasteiger partial charge in [0.05, 0.1) is 30.9 Å². The zero-order chi connectivity index (χ0) is 22.8. The number of methoxy groups -OCH3 is 1. The molecule has 9 heteroatoms. The Kier molecular flexibility index (Phi) is 5.78. The van der Waals surface area contributed by atoms with E-state index in [2.05, 4.69) is 43.1 Å². The molecule has 0 spiro atoms. The van der Waals surface area contributed by atoms with E-state index in [4.69, 9.17) is 4.74 Å². The quantitative estimate of drug-likeness (QED) is 0.482. The van der Waals surface area contributed by atoms with Gasteiger partial charge in [-0.2, -0.15) is 0 Å². The second kappa shape index (κ2) is 9.03. The Bertz CT molecular complexity index is 1270. The van der Waals surface area contributed by atoms with E-state index in [1.165, 1.54) is 6.20 Å². The summed E-state index contributed by atoms with van der Waals surface area (Å²) in [5.74, 6) is 0.439. The molecule has 1 fully saturated rings. The van der Waals surface area contributed by atoms with Crippen LogP contribution < -0.4 is 15.0 Å². The van der Waals surface area contributed by atoms with Crippen LogP contribution in [0.25, 0.3) is 17.0 Å². The molecule has 1 aliphatic rings. The molecule has 3 aromatic heterocycles. The van der Waals surface area contributed by atoms with Crippen LogP contribution in [0.3, 0.4) is 0 Å². The van der Waals surface area contributed by atoms with E-state index in [1.807, 2.05) is 36.5 Å². The predicted octanol–water partition coefficient (Wildman–Crippen LogP) is 3.82. The predicted molar refractivity (Wildman–Crippen MR) is 127 cm³/mol. The van der Waals surface area contributed by atoms with Gasteiger partial charge in [0, 0.05) is 44.1 Å². The molecule has 0 atom stereocenters. The molecule has 1 aromatic carbocycles. The van der Waals surface area contributed by atoms with Crippen molar-refractivity contribution in [2.24, 2.45) is 0 Å². The molecule has 4 heterocycles. The van der Waals surface area contributed by atoms with Gasteiger partial charge in [0.2, 0.25) is 5.95 Å². The second-order valence-corrected chi connectivity index (χ2v) is 7.89. The maximum atomic E-state index is 14.6. The number of pyridine rings is 1. The number of nitrogens with zero attached hydrogens (tertiary/aromatic N) is 6. The van der Waals surface area contributed by atoms with E-state index in [0.29, 0.717) is 17.1 Å². The molecule has 0 bridgehead atoms. The summed E-state index contributed by atoms with van der Waals surface area (Å²) in [7, 11) is 1.63. The fraction of sp³-hybridized carbons (Fsp3) is 0.292. The third-order valence-corrected chi connectivity index (χ3v) is 6.02. The summed E-state index contributed by atoms with van der Waals surface area (Å²) < 4.78 is 22.1. The van der Waals surface area contributed by atoms with Crippen LogP contribution in [-0.4, -0.2) is 64.1 Å². The minimum Gasteiger partial charge on any atom is -0.494 e. The minimum atomic E-state index is -0.514. The molecule has 0 saturated carbocycles. The highest BCUT2D eigenvalue weighted by Gasteiger charge is 2.18. The van der Waals surface area contributed by atoms with Gasteiger partial charge in [-0.1, -0.05) is 13.0 Å². The molecule has 1 aliphatic heterocycles. The first-order valence-electron chi connectivity index (χ1n) is 11.0. The van der Waals surface area contributed by atoms with E-state index in [9.17, 15) is 4.39 Å². The summed E-state index contributed by atoms with van der Waals surface area (Å²) in [6.07, 6.45) is 4.60. The number of fused-ring (bicyclic) bond motifs is 1. The first-order chi connectivity index (χ1) is 16.2. The van der Waals surface area contributed by atoms with E-state index in [-0.39, 0.29) is 11.6 Å². The molecule has 1 saturated heterocycles. The van der Waals surface area contributed by atoms with Crippen LogP contribution in [0, 0.1) is 5.82 Å². The Labute approximate surface area is 191 Å². The average molecular weight is 448 g/mol. The van der Waals surface area contributed by atoms with Crippen LogP contribution in [0.15, 0.2) is 55.0 Å². The number of rotatable bonds is 6. The molecule has 5 rings (SSSR count). The van der Waals surface area contributed by atoms with Crippen molar-refractivity contribution in [1.29, 1.82) is 0 Å². The number of nitrogens with one attached hydrogen (secondary N) is 1. The number of hydrogen-bond acceptors (Lipinski definition) is 7. The molecule has 4 aromatic rings. The lowest BCUT2D eigenvalue weighted by Crippen LogP contribution is -2.46. The number of benzene rings is 1. The standard InChI is InChI=1S/C24H26FN7O/c1-3-30-10-12-31(13-11-30)17-7-8-19(21(14-17)33-2)28-24-27-15-18(25)23(29-24)20-16-26-22-6-4-5-9-32(20)22/h4-9,14-16H,3,10-13H2,1-2H3,(H,27,28,29). The van der Waals surface area contributed by atoms with Crippen LogP contribution in [0.2, 0.25) is 0 Å². The number of aromatic nitrogens is 4. The summed E-state index contributed by atoms with van der Waals surface area (Å²) in [4.78, 5) is 17.7. The first kappa shape index (κ1) is 21.1. The van der Waals surface area contributed by atoms with Crippen molar-refractivity contribution < 1.29 is 9.13 Å². The summed E-state index contributed by atoms with van der Waals surface area (Å²) >= 11 is 0. The maximum absolute atomic E-state index is 14.6. The Morgan fingerprint density at radius 3 is 2.70 bits per heavy atom. The minimum absolute atomic E-state index is 0.176. The number of anilines is 3. The van der Waals surface area contributed by atoms with Gasteiger partial charge in [-0.25, -0.2) is 19.3 Å². The Morgan fingerprint density at radius 2 is 1.91 bits per heavy atom. The summed E-state index contributed by atoms with van der Waals surface area (Å²) in [5.41, 5.74) is 3.28. The van der Waals surface area contributed by atoms with Gasteiger partial charge in [-0.3, -0.25) is 4.40 Å². The highest BCUT2D eigenvalue weighted by Crippen LogP contribution is 2.32. The number of ether oxygens (including phenoxy) is 1. The lowest BCUT2D eigenvalue weighted by Gasteiger charge is -2.35. The lowest BCUT2D eigenvalue weighted by molar-refractivity contribution is 0.271. The number of piperazine rings is 1. The number of halogens is 1. The van der Waals surface area contributed by atoms with Gasteiger partial charge in [0.25, 0.3) is 0 Å². The molecule has 33 heavy (non-hydrogen) atoms. The highest BCUT2D eigenvalue weighted by molar-refractivity contribution is 5.69. The molecular formula is C24H26FN7O. The Hall–Kier alpha value is -3.72. The molecule has 0 aliphatic carbocycles. The van der Waals surface area contributed by atoms with E-state index in [0.717, 1.165) is 44.1 Å². The van der Waals surface area contributed by atoms with Crippen molar-refractivity contribution in [2.75, 3.05) is 50.1 Å². The van der Waals surface area contributed by atoms with Gasteiger partial charge in [0.1, 0.15) is 17.1 Å². The van der Waals surface area contributed by atoms with Gasteiger partial charge in [0.15, 0.2) is 5.82 Å². The zero-order valence-corrected chi connectivity index (χ0v) is 18.7. The van der Waals surface area contributed by atoms with Crippen LogP contribution in [0.4, 0.5) is 21.7 Å². The molecule has 8 nitrogen and oxygen atoms in total. The average Bonchev–Trinajstić information content (AvgIpc) is 3.29. The first-order valence-corrected chi connectivity index (χ1v) is 11.0. The van der Waals surface area contributed by atoms with Gasteiger partial charge >= 0.3 is 0 Å². The summed E-state index contributed by atoms with van der Waals surface area (Å²) in [5, 5.41) is 3.18. The van der Waals surface area contributed by atoms with Crippen LogP contribution in [0.5, 0.6) is 5.75 Å². The summed E-state index contributed by atoms with van der Waals surface area (Å²) in [6, 6.07) is 11.6. The Morgan fingerprint density at radius 1 is 1.06 bits per heavy atom. The third kappa shape index (κ3) is 4.19. The molecule has 170 valence electrons. The van der Waals surface area contributed by atoms with Crippen LogP contribution in [-0.2, 0) is 0 Å². The van der Waals surface area contributed by atoms with Crippen molar-refractivity contribution in [3.05, 3.63) is 60.8 Å². The molecule has 0 radical (unpaired) electrons. The largest absolute Gasteiger partial charge is 0.494 e. The zero-order valence-electron chi connectivity index (χ0n) is 18.7.